The van der Waals surface area contributed by atoms with Crippen LogP contribution in [0.4, 0.5) is 0 Å². The first-order valence-electron chi connectivity index (χ1n) is 7.36. The summed E-state index contributed by atoms with van der Waals surface area (Å²) >= 11 is 9.60. The lowest BCUT2D eigenvalue weighted by Gasteiger charge is -2.40. The van der Waals surface area contributed by atoms with Crippen molar-refractivity contribution < 1.29 is 9.90 Å². The van der Waals surface area contributed by atoms with Gasteiger partial charge < -0.3 is 5.11 Å². The molecule has 2 rings (SSSR count). The molecule has 3 nitrogen and oxygen atoms in total. The Bertz CT molecular complexity index is 519. The van der Waals surface area contributed by atoms with Crippen LogP contribution in [0.5, 0.6) is 0 Å². The average molecular weight is 375 g/mol. The topological polar surface area (TPSA) is 40.5 Å². The van der Waals surface area contributed by atoms with Crippen LogP contribution in [0.3, 0.4) is 0 Å². The van der Waals surface area contributed by atoms with Gasteiger partial charge in [0.25, 0.3) is 0 Å². The third-order valence-electron chi connectivity index (χ3n) is 4.24. The molecule has 1 aliphatic rings. The lowest BCUT2D eigenvalue weighted by molar-refractivity contribution is -0.153. The van der Waals surface area contributed by atoms with Gasteiger partial charge in [-0.15, -0.1) is 0 Å². The van der Waals surface area contributed by atoms with Crippen molar-refractivity contribution in [3.05, 3.63) is 33.3 Å². The summed E-state index contributed by atoms with van der Waals surface area (Å²) < 4.78 is 1.02. The van der Waals surface area contributed by atoms with E-state index in [9.17, 15) is 9.90 Å². The Morgan fingerprint density at radius 3 is 2.95 bits per heavy atom. The summed E-state index contributed by atoms with van der Waals surface area (Å²) in [6, 6.07) is 5.74. The molecule has 1 saturated heterocycles. The van der Waals surface area contributed by atoms with Crippen molar-refractivity contribution in [1.82, 2.24) is 4.90 Å². The number of rotatable bonds is 5. The summed E-state index contributed by atoms with van der Waals surface area (Å²) in [5, 5.41) is 10.4. The fourth-order valence-electron chi connectivity index (χ4n) is 3.23. The molecule has 1 heterocycles. The summed E-state index contributed by atoms with van der Waals surface area (Å²) in [4.78, 5) is 14.0. The van der Waals surface area contributed by atoms with Gasteiger partial charge in [0.1, 0.15) is 0 Å². The highest BCUT2D eigenvalue weighted by atomic mass is 79.9. The Morgan fingerprint density at radius 2 is 2.29 bits per heavy atom. The fourth-order valence-corrected chi connectivity index (χ4v) is 3.80. The van der Waals surface area contributed by atoms with Crippen LogP contribution in [-0.4, -0.2) is 29.1 Å². The Kier molecular flexibility index (Phi) is 5.69. The molecule has 0 radical (unpaired) electrons. The Labute approximate surface area is 139 Å². The number of benzene rings is 1. The summed E-state index contributed by atoms with van der Waals surface area (Å²) in [7, 11) is 0. The smallest absolute Gasteiger partial charge is 0.310 e. The Morgan fingerprint density at radius 1 is 1.52 bits per heavy atom. The molecule has 1 aromatic carbocycles. The predicted molar refractivity (Wildman–Crippen MR) is 88.6 cm³/mol. The summed E-state index contributed by atoms with van der Waals surface area (Å²) in [5.74, 6) is -0.654. The van der Waals surface area contributed by atoms with Crippen molar-refractivity contribution in [3.63, 3.8) is 0 Å². The second kappa shape index (κ2) is 7.12. The van der Waals surface area contributed by atoms with E-state index in [0.717, 1.165) is 48.8 Å². The largest absolute Gasteiger partial charge is 0.481 e. The van der Waals surface area contributed by atoms with E-state index < -0.39 is 11.4 Å². The van der Waals surface area contributed by atoms with Crippen LogP contribution in [0.1, 0.15) is 38.2 Å². The van der Waals surface area contributed by atoms with Crippen LogP contribution in [-0.2, 0) is 11.3 Å². The molecule has 0 saturated carbocycles. The monoisotopic (exact) mass is 373 g/mol. The van der Waals surface area contributed by atoms with Gasteiger partial charge in [-0.2, -0.15) is 0 Å². The molecule has 5 heteroatoms. The van der Waals surface area contributed by atoms with Gasteiger partial charge in [-0.3, -0.25) is 9.69 Å². The number of carboxylic acids is 1. The predicted octanol–water partition coefficient (Wildman–Crippen LogP) is 4.57. The van der Waals surface area contributed by atoms with E-state index in [0.29, 0.717) is 11.6 Å². The van der Waals surface area contributed by atoms with Crippen molar-refractivity contribution in [2.75, 3.05) is 13.1 Å². The average Bonchev–Trinajstić information content (AvgIpc) is 2.43. The Hall–Kier alpha value is -0.580. The first-order chi connectivity index (χ1) is 9.97. The molecule has 0 aliphatic carbocycles. The molecule has 1 unspecified atom stereocenters. The van der Waals surface area contributed by atoms with Crippen LogP contribution in [0.2, 0.25) is 5.02 Å². The van der Waals surface area contributed by atoms with Crippen molar-refractivity contribution in [1.29, 1.82) is 0 Å². The summed E-state index contributed by atoms with van der Waals surface area (Å²) in [6.07, 6.45) is 3.37. The van der Waals surface area contributed by atoms with E-state index in [2.05, 4.69) is 27.8 Å². The number of hydrogen-bond donors (Lipinski definition) is 1. The third-order valence-corrected chi connectivity index (χ3v) is 5.25. The van der Waals surface area contributed by atoms with Gasteiger partial charge in [0.2, 0.25) is 0 Å². The van der Waals surface area contributed by atoms with Gasteiger partial charge in [-0.05, 0) is 49.6 Å². The minimum atomic E-state index is -0.654. The van der Waals surface area contributed by atoms with Gasteiger partial charge in [0.15, 0.2) is 0 Å². The van der Waals surface area contributed by atoms with Gasteiger partial charge in [0, 0.05) is 22.6 Å². The Balaban J connectivity index is 2.13. The summed E-state index contributed by atoms with van der Waals surface area (Å²) in [6.45, 7) is 4.35. The number of halogens is 2. The SMILES string of the molecule is CCCC1(C(=O)O)CCCN(Cc2cc(Cl)ccc2Br)C1. The molecule has 0 amide bonds. The molecule has 1 aliphatic heterocycles. The molecule has 0 aromatic heterocycles. The normalized spacial score (nSPS) is 23.2. The highest BCUT2D eigenvalue weighted by molar-refractivity contribution is 9.10. The van der Waals surface area contributed by atoms with Crippen LogP contribution in [0.15, 0.2) is 22.7 Å². The van der Waals surface area contributed by atoms with E-state index in [1.807, 2.05) is 18.2 Å². The van der Waals surface area contributed by atoms with E-state index in [-0.39, 0.29) is 0 Å². The maximum Gasteiger partial charge on any atom is 0.310 e. The zero-order valence-corrected chi connectivity index (χ0v) is 14.6. The van der Waals surface area contributed by atoms with Crippen LogP contribution in [0, 0.1) is 5.41 Å². The number of carboxylic acid groups (broad SMARTS) is 1. The molecule has 1 N–H and O–H groups in total. The van der Waals surface area contributed by atoms with Crippen LogP contribution >= 0.6 is 27.5 Å². The molecule has 1 atom stereocenters. The number of likely N-dealkylation sites (tertiary alicyclic amines) is 1. The van der Waals surface area contributed by atoms with Crippen molar-refractivity contribution in [2.45, 2.75) is 39.2 Å². The van der Waals surface area contributed by atoms with Gasteiger partial charge in [-0.25, -0.2) is 0 Å². The van der Waals surface area contributed by atoms with Gasteiger partial charge >= 0.3 is 5.97 Å². The van der Waals surface area contributed by atoms with E-state index in [1.54, 1.807) is 0 Å². The number of hydrogen-bond acceptors (Lipinski definition) is 2. The molecule has 116 valence electrons. The number of piperidine rings is 1. The zero-order chi connectivity index (χ0) is 15.5. The zero-order valence-electron chi connectivity index (χ0n) is 12.2. The van der Waals surface area contributed by atoms with E-state index in [1.165, 1.54) is 0 Å². The second-order valence-electron chi connectivity index (χ2n) is 5.89. The lowest BCUT2D eigenvalue weighted by Crippen LogP contribution is -2.47. The molecule has 21 heavy (non-hydrogen) atoms. The first kappa shape index (κ1) is 16.8. The maximum absolute atomic E-state index is 11.7. The van der Waals surface area contributed by atoms with Crippen molar-refractivity contribution >= 4 is 33.5 Å². The standard InChI is InChI=1S/C16H21BrClNO2/c1-2-6-16(15(20)21)7-3-8-19(11-16)10-12-9-13(18)4-5-14(12)17/h4-5,9H,2-3,6-8,10-11H2,1H3,(H,20,21). The molecule has 1 aromatic rings. The van der Waals surface area contributed by atoms with Gasteiger partial charge in [-0.1, -0.05) is 40.9 Å². The number of carbonyl (C=O) groups is 1. The minimum absolute atomic E-state index is 0.585. The molecular formula is C16H21BrClNO2. The molecule has 1 fully saturated rings. The summed E-state index contributed by atoms with van der Waals surface area (Å²) in [5.41, 5.74) is 0.526. The van der Waals surface area contributed by atoms with Crippen molar-refractivity contribution in [3.8, 4) is 0 Å². The third kappa shape index (κ3) is 3.99. The van der Waals surface area contributed by atoms with Crippen LogP contribution in [0.25, 0.3) is 0 Å². The van der Waals surface area contributed by atoms with Crippen LogP contribution < -0.4 is 0 Å². The quantitative estimate of drug-likeness (QED) is 0.820. The maximum atomic E-state index is 11.7. The second-order valence-corrected chi connectivity index (χ2v) is 7.18. The number of aliphatic carboxylic acids is 1. The van der Waals surface area contributed by atoms with E-state index >= 15 is 0 Å². The highest BCUT2D eigenvalue weighted by Crippen LogP contribution is 2.36. The minimum Gasteiger partial charge on any atom is -0.481 e. The highest BCUT2D eigenvalue weighted by Gasteiger charge is 2.41. The van der Waals surface area contributed by atoms with Crippen molar-refractivity contribution in [2.24, 2.45) is 5.41 Å². The molecular weight excluding hydrogens is 354 g/mol. The molecule has 0 bridgehead atoms. The number of nitrogens with zero attached hydrogens (tertiary/aromatic N) is 1. The van der Waals surface area contributed by atoms with Gasteiger partial charge in [0.05, 0.1) is 5.41 Å². The lowest BCUT2D eigenvalue weighted by atomic mass is 9.76. The van der Waals surface area contributed by atoms with E-state index in [4.69, 9.17) is 11.6 Å². The fraction of sp³-hybridized carbons (Fsp3) is 0.562. The first-order valence-corrected chi connectivity index (χ1v) is 8.53. The molecule has 0 spiro atoms.